The summed E-state index contributed by atoms with van der Waals surface area (Å²) in [6.45, 7) is 2.18. The summed E-state index contributed by atoms with van der Waals surface area (Å²) in [5.41, 5.74) is 0. The second kappa shape index (κ2) is 8.62. The van der Waals surface area contributed by atoms with Crippen LogP contribution in [0.5, 0.6) is 0 Å². The maximum absolute atomic E-state index is 10.4. The lowest BCUT2D eigenvalue weighted by Gasteiger charge is -2.06. The molecule has 80 valence electrons. The highest BCUT2D eigenvalue weighted by atomic mass is 16.4. The van der Waals surface area contributed by atoms with Crippen LogP contribution in [0.1, 0.15) is 51.9 Å². The van der Waals surface area contributed by atoms with Crippen LogP contribution in [0.15, 0.2) is 0 Å². The average Bonchev–Trinajstić information content (AvgIpc) is 2.15. The Balaban J connectivity index is 3.44. The van der Waals surface area contributed by atoms with Crippen LogP contribution >= 0.6 is 0 Å². The molecule has 0 saturated carbocycles. The summed E-state index contributed by atoms with van der Waals surface area (Å²) in [5, 5.41) is 8.56. The first-order chi connectivity index (χ1) is 6.70. The van der Waals surface area contributed by atoms with Crippen molar-refractivity contribution < 1.29 is 9.90 Å². The Morgan fingerprint density at radius 1 is 1.36 bits per heavy atom. The van der Waals surface area contributed by atoms with Crippen molar-refractivity contribution in [2.75, 3.05) is 0 Å². The lowest BCUT2D eigenvalue weighted by Crippen LogP contribution is -2.05. The molecule has 0 spiro atoms. The molecule has 0 amide bonds. The van der Waals surface area contributed by atoms with E-state index in [1.165, 1.54) is 25.7 Å². The van der Waals surface area contributed by atoms with Gasteiger partial charge < -0.3 is 5.11 Å². The zero-order valence-electron chi connectivity index (χ0n) is 8.96. The monoisotopic (exact) mass is 196 g/mol. The number of terminal acetylenes is 1. The fraction of sp³-hybridized carbons (Fsp3) is 0.750. The molecule has 14 heavy (non-hydrogen) atoms. The van der Waals surface area contributed by atoms with Gasteiger partial charge in [0, 0.05) is 5.92 Å². The Morgan fingerprint density at radius 3 is 2.50 bits per heavy atom. The van der Waals surface area contributed by atoms with Crippen LogP contribution in [-0.4, -0.2) is 11.1 Å². The number of carboxylic acid groups (broad SMARTS) is 1. The minimum atomic E-state index is -0.790. The van der Waals surface area contributed by atoms with Crippen LogP contribution in [0.4, 0.5) is 0 Å². The van der Waals surface area contributed by atoms with Crippen LogP contribution in [0.3, 0.4) is 0 Å². The maximum Gasteiger partial charge on any atom is 0.304 e. The van der Waals surface area contributed by atoms with Gasteiger partial charge in [0.1, 0.15) is 0 Å². The maximum atomic E-state index is 10.4. The van der Waals surface area contributed by atoms with Crippen molar-refractivity contribution in [1.82, 2.24) is 0 Å². The molecule has 1 atom stereocenters. The van der Waals surface area contributed by atoms with E-state index in [0.717, 1.165) is 12.8 Å². The molecule has 0 radical (unpaired) electrons. The van der Waals surface area contributed by atoms with Crippen molar-refractivity contribution in [2.45, 2.75) is 51.9 Å². The molecule has 0 fully saturated rings. The van der Waals surface area contributed by atoms with E-state index in [9.17, 15) is 4.79 Å². The molecule has 1 N–H and O–H groups in total. The quantitative estimate of drug-likeness (QED) is 0.478. The van der Waals surface area contributed by atoms with Crippen molar-refractivity contribution in [3.63, 3.8) is 0 Å². The lowest BCUT2D eigenvalue weighted by atomic mass is 9.98. The molecule has 0 aromatic rings. The smallest absolute Gasteiger partial charge is 0.304 e. The first-order valence-corrected chi connectivity index (χ1v) is 5.38. The number of carbonyl (C=O) groups is 1. The van der Waals surface area contributed by atoms with Crippen molar-refractivity contribution in [3.05, 3.63) is 0 Å². The van der Waals surface area contributed by atoms with Gasteiger partial charge in [0.15, 0.2) is 0 Å². The Bertz CT molecular complexity index is 191. The summed E-state index contributed by atoms with van der Waals surface area (Å²) in [5.74, 6) is 1.68. The molecule has 1 unspecified atom stereocenters. The van der Waals surface area contributed by atoms with Gasteiger partial charge >= 0.3 is 5.97 Å². The van der Waals surface area contributed by atoms with E-state index in [0.29, 0.717) is 0 Å². The van der Waals surface area contributed by atoms with Crippen LogP contribution in [0, 0.1) is 18.3 Å². The van der Waals surface area contributed by atoms with Gasteiger partial charge in [-0.15, -0.1) is 12.3 Å². The highest BCUT2D eigenvalue weighted by Gasteiger charge is 2.09. The molecule has 0 saturated heterocycles. The standard InChI is InChI=1S/C12H20O2/c1-3-5-6-7-8-9-11(4-2)10-12(13)14/h2,11H,3,5-10H2,1H3,(H,13,14). The van der Waals surface area contributed by atoms with E-state index < -0.39 is 5.97 Å². The molecule has 0 heterocycles. The predicted octanol–water partition coefficient (Wildman–Crippen LogP) is 3.07. The van der Waals surface area contributed by atoms with Crippen LogP contribution in [-0.2, 0) is 4.79 Å². The van der Waals surface area contributed by atoms with E-state index in [1.807, 2.05) is 0 Å². The molecule has 0 aliphatic heterocycles. The largest absolute Gasteiger partial charge is 0.481 e. The predicted molar refractivity (Wildman–Crippen MR) is 58.0 cm³/mol. The number of unbranched alkanes of at least 4 members (excludes halogenated alkanes) is 4. The molecule has 0 rings (SSSR count). The molecule has 2 heteroatoms. The van der Waals surface area contributed by atoms with E-state index in [-0.39, 0.29) is 12.3 Å². The summed E-state index contributed by atoms with van der Waals surface area (Å²) in [6, 6.07) is 0. The van der Waals surface area contributed by atoms with E-state index >= 15 is 0 Å². The summed E-state index contributed by atoms with van der Waals surface area (Å²) in [6.07, 6.45) is 12.2. The summed E-state index contributed by atoms with van der Waals surface area (Å²) >= 11 is 0. The third kappa shape index (κ3) is 7.67. The van der Waals surface area contributed by atoms with Crippen LogP contribution in [0.25, 0.3) is 0 Å². The second-order valence-electron chi connectivity index (χ2n) is 3.66. The number of hydrogen-bond donors (Lipinski definition) is 1. The van der Waals surface area contributed by atoms with Crippen molar-refractivity contribution in [1.29, 1.82) is 0 Å². The molecule has 0 aliphatic carbocycles. The molecule has 0 aliphatic rings. The number of hydrogen-bond acceptors (Lipinski definition) is 1. The van der Waals surface area contributed by atoms with Crippen molar-refractivity contribution in [2.24, 2.45) is 5.92 Å². The number of rotatable bonds is 8. The molecular weight excluding hydrogens is 176 g/mol. The average molecular weight is 196 g/mol. The van der Waals surface area contributed by atoms with Gasteiger partial charge in [-0.1, -0.05) is 39.0 Å². The third-order valence-electron chi connectivity index (χ3n) is 2.31. The van der Waals surface area contributed by atoms with Gasteiger partial charge in [-0.3, -0.25) is 4.79 Å². The van der Waals surface area contributed by atoms with Crippen LogP contribution in [0.2, 0.25) is 0 Å². The van der Waals surface area contributed by atoms with Gasteiger partial charge in [0.05, 0.1) is 6.42 Å². The fourth-order valence-corrected chi connectivity index (χ4v) is 1.45. The van der Waals surface area contributed by atoms with Gasteiger partial charge in [0.2, 0.25) is 0 Å². The van der Waals surface area contributed by atoms with Gasteiger partial charge in [-0.2, -0.15) is 0 Å². The Kier molecular flexibility index (Phi) is 8.02. The summed E-state index contributed by atoms with van der Waals surface area (Å²) < 4.78 is 0. The first-order valence-electron chi connectivity index (χ1n) is 5.38. The minimum Gasteiger partial charge on any atom is -0.481 e. The minimum absolute atomic E-state index is 0.0749. The van der Waals surface area contributed by atoms with Crippen molar-refractivity contribution in [3.8, 4) is 12.3 Å². The van der Waals surface area contributed by atoms with E-state index in [4.69, 9.17) is 11.5 Å². The second-order valence-corrected chi connectivity index (χ2v) is 3.66. The molecule has 0 aromatic heterocycles. The van der Waals surface area contributed by atoms with E-state index in [2.05, 4.69) is 12.8 Å². The zero-order chi connectivity index (χ0) is 10.8. The lowest BCUT2D eigenvalue weighted by molar-refractivity contribution is -0.137. The van der Waals surface area contributed by atoms with Gasteiger partial charge in [-0.05, 0) is 6.42 Å². The molecule has 0 aromatic carbocycles. The van der Waals surface area contributed by atoms with E-state index in [1.54, 1.807) is 0 Å². The topological polar surface area (TPSA) is 37.3 Å². The van der Waals surface area contributed by atoms with Gasteiger partial charge in [-0.25, -0.2) is 0 Å². The van der Waals surface area contributed by atoms with Gasteiger partial charge in [0.25, 0.3) is 0 Å². The third-order valence-corrected chi connectivity index (χ3v) is 2.31. The Hall–Kier alpha value is -0.970. The highest BCUT2D eigenvalue weighted by molar-refractivity contribution is 5.67. The number of aliphatic carboxylic acids is 1. The molecular formula is C12H20O2. The highest BCUT2D eigenvalue weighted by Crippen LogP contribution is 2.13. The normalized spacial score (nSPS) is 12.0. The zero-order valence-corrected chi connectivity index (χ0v) is 8.96. The SMILES string of the molecule is C#CC(CCCCCCC)CC(=O)O. The first kappa shape index (κ1) is 13.0. The summed E-state index contributed by atoms with van der Waals surface area (Å²) in [4.78, 5) is 10.4. The summed E-state index contributed by atoms with van der Waals surface area (Å²) in [7, 11) is 0. The van der Waals surface area contributed by atoms with Crippen LogP contribution < -0.4 is 0 Å². The number of carboxylic acids is 1. The molecule has 0 bridgehead atoms. The molecule has 2 nitrogen and oxygen atoms in total. The van der Waals surface area contributed by atoms with Crippen molar-refractivity contribution >= 4 is 5.97 Å². The Labute approximate surface area is 86.7 Å². The fourth-order valence-electron chi connectivity index (χ4n) is 1.45. The Morgan fingerprint density at radius 2 is 2.00 bits per heavy atom.